The topological polar surface area (TPSA) is 82.8 Å². The van der Waals surface area contributed by atoms with E-state index in [0.29, 0.717) is 18.7 Å². The molecule has 1 aromatic heterocycles. The Morgan fingerprint density at radius 3 is 2.67 bits per heavy atom. The Morgan fingerprint density at radius 2 is 2.19 bits per heavy atom. The zero-order chi connectivity index (χ0) is 15.4. The smallest absolute Gasteiger partial charge is 0.326 e. The highest BCUT2D eigenvalue weighted by atomic mass is 16.4. The highest BCUT2D eigenvalue weighted by molar-refractivity contribution is 5.82. The Hall–Kier alpha value is -1.98. The van der Waals surface area contributed by atoms with Gasteiger partial charge in [-0.2, -0.15) is 0 Å². The summed E-state index contributed by atoms with van der Waals surface area (Å²) in [7, 11) is 0. The molecule has 2 amide bonds. The van der Waals surface area contributed by atoms with Crippen LogP contribution in [0, 0.1) is 5.92 Å². The first-order chi connectivity index (χ1) is 9.97. The molecule has 1 atom stereocenters. The van der Waals surface area contributed by atoms with Gasteiger partial charge in [-0.05, 0) is 37.3 Å². The summed E-state index contributed by atoms with van der Waals surface area (Å²) in [6.07, 6.45) is 3.89. The molecule has 116 valence electrons. The average Bonchev–Trinajstić information content (AvgIpc) is 3.11. The number of hydrogen-bond acceptors (Lipinski definition) is 3. The molecule has 2 rings (SSSR count). The fourth-order valence-corrected chi connectivity index (χ4v) is 2.25. The molecule has 1 saturated carbocycles. The van der Waals surface area contributed by atoms with Crippen molar-refractivity contribution in [3.63, 3.8) is 0 Å². The van der Waals surface area contributed by atoms with Crippen molar-refractivity contribution < 1.29 is 19.1 Å². The average molecular weight is 294 g/mol. The van der Waals surface area contributed by atoms with Gasteiger partial charge in [0.25, 0.3) is 0 Å². The molecule has 0 bridgehead atoms. The van der Waals surface area contributed by atoms with Crippen LogP contribution in [0.25, 0.3) is 0 Å². The number of hydrogen-bond donors (Lipinski definition) is 2. The number of furan rings is 1. The molecule has 6 heteroatoms. The van der Waals surface area contributed by atoms with Gasteiger partial charge in [0, 0.05) is 6.04 Å². The van der Waals surface area contributed by atoms with Crippen LogP contribution in [0.1, 0.15) is 38.9 Å². The van der Waals surface area contributed by atoms with E-state index in [-0.39, 0.29) is 18.0 Å². The SMILES string of the molecule is CC(C)C[C@@H](NC(=O)N(Cc1ccco1)C1CC1)C(=O)O. The molecule has 1 heterocycles. The van der Waals surface area contributed by atoms with Gasteiger partial charge < -0.3 is 19.7 Å². The molecule has 0 radical (unpaired) electrons. The molecule has 1 aromatic rings. The minimum atomic E-state index is -0.995. The van der Waals surface area contributed by atoms with Crippen LogP contribution in [0.15, 0.2) is 22.8 Å². The van der Waals surface area contributed by atoms with Crippen LogP contribution in [-0.4, -0.2) is 34.1 Å². The number of nitrogens with one attached hydrogen (secondary N) is 1. The van der Waals surface area contributed by atoms with E-state index in [2.05, 4.69) is 5.32 Å². The van der Waals surface area contributed by atoms with E-state index < -0.39 is 12.0 Å². The summed E-state index contributed by atoms with van der Waals surface area (Å²) in [4.78, 5) is 25.3. The molecule has 0 saturated heterocycles. The van der Waals surface area contributed by atoms with Crippen LogP contribution in [-0.2, 0) is 11.3 Å². The summed E-state index contributed by atoms with van der Waals surface area (Å²) in [6.45, 7) is 4.24. The number of aliphatic carboxylic acids is 1. The van der Waals surface area contributed by atoms with E-state index in [1.165, 1.54) is 0 Å². The fourth-order valence-electron chi connectivity index (χ4n) is 2.25. The van der Waals surface area contributed by atoms with Gasteiger partial charge >= 0.3 is 12.0 Å². The first-order valence-electron chi connectivity index (χ1n) is 7.29. The van der Waals surface area contributed by atoms with Crippen molar-refractivity contribution in [3.8, 4) is 0 Å². The molecule has 1 fully saturated rings. The maximum absolute atomic E-state index is 12.4. The molecule has 2 N–H and O–H groups in total. The third kappa shape index (κ3) is 4.51. The van der Waals surface area contributed by atoms with Gasteiger partial charge in [-0.3, -0.25) is 0 Å². The molecule has 21 heavy (non-hydrogen) atoms. The third-order valence-electron chi connectivity index (χ3n) is 3.46. The molecule has 1 aliphatic carbocycles. The van der Waals surface area contributed by atoms with Gasteiger partial charge in [-0.1, -0.05) is 13.8 Å². The first-order valence-corrected chi connectivity index (χ1v) is 7.29. The molecule has 0 spiro atoms. The lowest BCUT2D eigenvalue weighted by Crippen LogP contribution is -2.48. The molecule has 0 aliphatic heterocycles. The van der Waals surface area contributed by atoms with Crippen molar-refractivity contribution >= 4 is 12.0 Å². The van der Waals surface area contributed by atoms with Gasteiger partial charge in [-0.25, -0.2) is 9.59 Å². The van der Waals surface area contributed by atoms with Gasteiger partial charge in [0.05, 0.1) is 12.8 Å². The predicted octanol–water partition coefficient (Wildman–Crippen LogP) is 2.45. The van der Waals surface area contributed by atoms with Crippen molar-refractivity contribution in [2.75, 3.05) is 0 Å². The summed E-state index contributed by atoms with van der Waals surface area (Å²) in [5, 5.41) is 11.8. The maximum Gasteiger partial charge on any atom is 0.326 e. The molecular formula is C15H22N2O4. The Bertz CT molecular complexity index is 480. The number of urea groups is 1. The van der Waals surface area contributed by atoms with Crippen LogP contribution in [0.2, 0.25) is 0 Å². The number of carbonyl (C=O) groups is 2. The minimum Gasteiger partial charge on any atom is -0.480 e. The minimum absolute atomic E-state index is 0.184. The standard InChI is InChI=1S/C15H22N2O4/c1-10(2)8-13(14(18)19)16-15(20)17(11-5-6-11)9-12-4-3-7-21-12/h3-4,7,10-11,13H,5-6,8-9H2,1-2H3,(H,16,20)(H,18,19)/t13-/m1/s1. The van der Waals surface area contributed by atoms with Crippen molar-refractivity contribution in [2.45, 2.75) is 51.7 Å². The van der Waals surface area contributed by atoms with Gasteiger partial charge in [0.1, 0.15) is 11.8 Å². The third-order valence-corrected chi connectivity index (χ3v) is 3.46. The highest BCUT2D eigenvalue weighted by Gasteiger charge is 2.34. The van der Waals surface area contributed by atoms with Crippen molar-refractivity contribution in [2.24, 2.45) is 5.92 Å². The summed E-state index contributed by atoms with van der Waals surface area (Å²) in [5.74, 6) is -0.0931. The summed E-state index contributed by atoms with van der Waals surface area (Å²) in [6, 6.07) is 2.59. The number of carboxylic acids is 1. The molecular weight excluding hydrogens is 272 g/mol. The lowest BCUT2D eigenvalue weighted by Gasteiger charge is -2.25. The van der Waals surface area contributed by atoms with Gasteiger partial charge in [0.15, 0.2) is 0 Å². The monoisotopic (exact) mass is 294 g/mol. The second-order valence-corrected chi connectivity index (χ2v) is 5.91. The number of rotatable bonds is 7. The normalized spacial score (nSPS) is 15.8. The Labute approximate surface area is 124 Å². The van der Waals surface area contributed by atoms with E-state index in [1.54, 1.807) is 17.2 Å². The summed E-state index contributed by atoms with van der Waals surface area (Å²) in [5.41, 5.74) is 0. The van der Waals surface area contributed by atoms with E-state index in [1.807, 2.05) is 19.9 Å². The van der Waals surface area contributed by atoms with E-state index >= 15 is 0 Å². The van der Waals surface area contributed by atoms with Crippen molar-refractivity contribution in [1.82, 2.24) is 10.2 Å². The van der Waals surface area contributed by atoms with Crippen LogP contribution >= 0.6 is 0 Å². The van der Waals surface area contributed by atoms with E-state index in [9.17, 15) is 14.7 Å². The second kappa shape index (κ2) is 6.65. The summed E-state index contributed by atoms with van der Waals surface area (Å²) >= 11 is 0. The number of nitrogens with zero attached hydrogens (tertiary/aromatic N) is 1. The predicted molar refractivity (Wildman–Crippen MR) is 76.7 cm³/mol. The van der Waals surface area contributed by atoms with E-state index in [0.717, 1.165) is 12.8 Å². The fraction of sp³-hybridized carbons (Fsp3) is 0.600. The maximum atomic E-state index is 12.4. The Balaban J connectivity index is 1.99. The number of carboxylic acid groups (broad SMARTS) is 1. The van der Waals surface area contributed by atoms with Gasteiger partial charge in [-0.15, -0.1) is 0 Å². The van der Waals surface area contributed by atoms with Gasteiger partial charge in [0.2, 0.25) is 0 Å². The first kappa shape index (κ1) is 15.4. The zero-order valence-corrected chi connectivity index (χ0v) is 12.4. The largest absolute Gasteiger partial charge is 0.480 e. The van der Waals surface area contributed by atoms with E-state index in [4.69, 9.17) is 4.42 Å². The molecule has 1 aliphatic rings. The molecule has 6 nitrogen and oxygen atoms in total. The Morgan fingerprint density at radius 1 is 1.48 bits per heavy atom. The number of carbonyl (C=O) groups excluding carboxylic acids is 1. The lowest BCUT2D eigenvalue weighted by molar-refractivity contribution is -0.139. The zero-order valence-electron chi connectivity index (χ0n) is 12.4. The van der Waals surface area contributed by atoms with Crippen LogP contribution < -0.4 is 5.32 Å². The van der Waals surface area contributed by atoms with Crippen molar-refractivity contribution in [3.05, 3.63) is 24.2 Å². The van der Waals surface area contributed by atoms with Crippen molar-refractivity contribution in [1.29, 1.82) is 0 Å². The highest BCUT2D eigenvalue weighted by Crippen LogP contribution is 2.28. The molecule has 0 aromatic carbocycles. The van der Waals surface area contributed by atoms with Crippen LogP contribution in [0.5, 0.6) is 0 Å². The quantitative estimate of drug-likeness (QED) is 0.809. The van der Waals surface area contributed by atoms with Crippen LogP contribution in [0.3, 0.4) is 0 Å². The summed E-state index contributed by atoms with van der Waals surface area (Å²) < 4.78 is 5.27. The lowest BCUT2D eigenvalue weighted by atomic mass is 10.0. The van der Waals surface area contributed by atoms with Crippen LogP contribution in [0.4, 0.5) is 4.79 Å². The molecule has 0 unspecified atom stereocenters. The number of amides is 2. The Kier molecular flexibility index (Phi) is 4.88. The second-order valence-electron chi connectivity index (χ2n) is 5.91.